The van der Waals surface area contributed by atoms with Crippen LogP contribution in [0.2, 0.25) is 0 Å². The number of nitrogens with zero attached hydrogens (tertiary/aromatic N) is 2. The first-order valence-corrected chi connectivity index (χ1v) is 14.3. The van der Waals surface area contributed by atoms with Gasteiger partial charge in [0.15, 0.2) is 0 Å². The lowest BCUT2D eigenvalue weighted by atomic mass is 9.84. The average Bonchev–Trinajstić information content (AvgIpc) is 3.07. The molecule has 8 heteroatoms. The lowest BCUT2D eigenvalue weighted by Crippen LogP contribution is -2.60. The van der Waals surface area contributed by atoms with Crippen molar-refractivity contribution < 1.29 is 19.1 Å². The lowest BCUT2D eigenvalue weighted by molar-refractivity contribution is -0.141. The Morgan fingerprint density at radius 3 is 2.26 bits per heavy atom. The fourth-order valence-electron chi connectivity index (χ4n) is 5.02. The first kappa shape index (κ1) is 31.9. The van der Waals surface area contributed by atoms with Crippen molar-refractivity contribution in [1.82, 2.24) is 15.1 Å². The maximum absolute atomic E-state index is 13.9. The number of ether oxygens (including phenoxy) is 1. The second kappa shape index (κ2) is 12.7. The molecule has 1 aromatic rings. The van der Waals surface area contributed by atoms with Gasteiger partial charge >= 0.3 is 5.97 Å². The molecular formula is C30H47N3O4S. The molecule has 1 saturated heterocycles. The van der Waals surface area contributed by atoms with Gasteiger partial charge in [-0.1, -0.05) is 71.0 Å². The molecule has 1 aromatic carbocycles. The molecule has 1 fully saturated rings. The van der Waals surface area contributed by atoms with E-state index in [0.717, 1.165) is 5.56 Å². The largest absolute Gasteiger partial charge is 0.463 e. The fourth-order valence-corrected chi connectivity index (χ4v) is 6.58. The van der Waals surface area contributed by atoms with Gasteiger partial charge in [-0.05, 0) is 51.6 Å². The van der Waals surface area contributed by atoms with Gasteiger partial charge in [-0.2, -0.15) is 0 Å². The lowest BCUT2D eigenvalue weighted by Gasteiger charge is -2.39. The van der Waals surface area contributed by atoms with Crippen molar-refractivity contribution in [2.75, 3.05) is 20.7 Å². The highest BCUT2D eigenvalue weighted by atomic mass is 32.2. The first-order chi connectivity index (χ1) is 17.5. The summed E-state index contributed by atoms with van der Waals surface area (Å²) in [6.45, 7) is 17.8. The summed E-state index contributed by atoms with van der Waals surface area (Å²) in [6.07, 6.45) is 1.79. The Balaban J connectivity index is 2.33. The number of likely N-dealkylation sites (N-methyl/N-ethyl adjacent to an activating group) is 2. The van der Waals surface area contributed by atoms with Gasteiger partial charge < -0.3 is 15.0 Å². The van der Waals surface area contributed by atoms with Crippen molar-refractivity contribution in [3.05, 3.63) is 47.5 Å². The van der Waals surface area contributed by atoms with Gasteiger partial charge in [-0.15, -0.1) is 11.8 Å². The minimum Gasteiger partial charge on any atom is -0.463 e. The molecule has 0 bridgehead atoms. The maximum Gasteiger partial charge on any atom is 0.333 e. The standard InChI is InChI=1S/C30H47N3O4S/c1-12-37-28(36)20(4)18-22(19(2)3)32(10)26(35)23(29(5,6)7)31-25(34)24-30(8,9)38-27(33(24)11)21-16-14-13-15-17-21/h13-19,22-24,27H,12H2,1-11H3,(H,31,34)/b20-18+/t22-,23-,24-,27+/m1/s1. The molecule has 0 aliphatic carbocycles. The molecule has 0 spiro atoms. The van der Waals surface area contributed by atoms with Crippen molar-refractivity contribution in [3.8, 4) is 0 Å². The van der Waals surface area contributed by atoms with Crippen LogP contribution in [0.25, 0.3) is 0 Å². The third kappa shape index (κ3) is 7.41. The van der Waals surface area contributed by atoms with Crippen LogP contribution in [0.3, 0.4) is 0 Å². The van der Waals surface area contributed by atoms with Crippen LogP contribution in [0.1, 0.15) is 73.3 Å². The molecule has 0 aromatic heterocycles. The monoisotopic (exact) mass is 545 g/mol. The van der Waals surface area contributed by atoms with Gasteiger partial charge in [0, 0.05) is 17.4 Å². The van der Waals surface area contributed by atoms with E-state index in [2.05, 4.69) is 36.2 Å². The van der Waals surface area contributed by atoms with Crippen molar-refractivity contribution in [1.29, 1.82) is 0 Å². The molecule has 2 amide bonds. The molecule has 1 heterocycles. The molecule has 7 nitrogen and oxygen atoms in total. The van der Waals surface area contributed by atoms with Crippen LogP contribution < -0.4 is 5.32 Å². The predicted molar refractivity (Wildman–Crippen MR) is 156 cm³/mol. The van der Waals surface area contributed by atoms with E-state index in [-0.39, 0.29) is 33.9 Å². The van der Waals surface area contributed by atoms with E-state index in [4.69, 9.17) is 4.74 Å². The number of thioether (sulfide) groups is 1. The summed E-state index contributed by atoms with van der Waals surface area (Å²) in [6, 6.07) is 8.67. The van der Waals surface area contributed by atoms with Gasteiger partial charge in [0.2, 0.25) is 11.8 Å². The number of hydrogen-bond donors (Lipinski definition) is 1. The normalized spacial score (nSPS) is 21.6. The van der Waals surface area contributed by atoms with Crippen LogP contribution in [0.15, 0.2) is 42.0 Å². The van der Waals surface area contributed by atoms with E-state index in [1.807, 2.05) is 59.9 Å². The van der Waals surface area contributed by atoms with E-state index in [1.54, 1.807) is 43.6 Å². The van der Waals surface area contributed by atoms with Crippen molar-refractivity contribution in [2.45, 2.75) is 90.6 Å². The third-order valence-electron chi connectivity index (χ3n) is 7.08. The van der Waals surface area contributed by atoms with Crippen LogP contribution in [-0.2, 0) is 19.1 Å². The Bertz CT molecular complexity index is 1020. The number of esters is 1. The second-order valence-corrected chi connectivity index (χ2v) is 13.8. The summed E-state index contributed by atoms with van der Waals surface area (Å²) in [5, 5.41) is 3.17. The van der Waals surface area contributed by atoms with Gasteiger partial charge in [0.1, 0.15) is 12.1 Å². The molecule has 0 saturated carbocycles. The highest BCUT2D eigenvalue weighted by Gasteiger charge is 2.51. The Kier molecular flexibility index (Phi) is 10.7. The Labute approximate surface area is 233 Å². The van der Waals surface area contributed by atoms with Crippen molar-refractivity contribution in [2.24, 2.45) is 11.3 Å². The Hall–Kier alpha value is -2.32. The molecule has 1 aliphatic heterocycles. The molecule has 2 rings (SSSR count). The minimum atomic E-state index is -0.748. The van der Waals surface area contributed by atoms with E-state index >= 15 is 0 Å². The summed E-state index contributed by atoms with van der Waals surface area (Å²) < 4.78 is 4.77. The predicted octanol–water partition coefficient (Wildman–Crippen LogP) is 5.03. The Morgan fingerprint density at radius 2 is 1.76 bits per heavy atom. The second-order valence-electron chi connectivity index (χ2n) is 12.1. The minimum absolute atomic E-state index is 0.0368. The number of carbonyl (C=O) groups excluding carboxylic acids is 3. The van der Waals surface area contributed by atoms with Gasteiger partial charge in [0.05, 0.1) is 18.0 Å². The molecule has 0 radical (unpaired) electrons. The molecule has 0 unspecified atom stereocenters. The van der Waals surface area contributed by atoms with Crippen LogP contribution in [0.4, 0.5) is 0 Å². The van der Waals surface area contributed by atoms with Crippen LogP contribution in [0, 0.1) is 11.3 Å². The fraction of sp³-hybridized carbons (Fsp3) is 0.633. The van der Waals surface area contributed by atoms with Crippen LogP contribution >= 0.6 is 11.8 Å². The number of hydrogen-bond acceptors (Lipinski definition) is 6. The quantitative estimate of drug-likeness (QED) is 0.346. The summed E-state index contributed by atoms with van der Waals surface area (Å²) in [7, 11) is 3.71. The highest BCUT2D eigenvalue weighted by molar-refractivity contribution is 8.01. The molecule has 38 heavy (non-hydrogen) atoms. The Morgan fingerprint density at radius 1 is 1.18 bits per heavy atom. The SMILES string of the molecule is CCOC(=O)/C(C)=C/[C@H](C(C)C)N(C)C(=O)[C@@H](NC(=O)[C@H]1N(C)[C@H](c2ccccc2)SC1(C)C)C(C)(C)C. The summed E-state index contributed by atoms with van der Waals surface area (Å²) in [5.74, 6) is -0.697. The molecule has 1 aliphatic rings. The summed E-state index contributed by atoms with van der Waals surface area (Å²) in [4.78, 5) is 43.8. The van der Waals surface area contributed by atoms with Crippen LogP contribution in [0.5, 0.6) is 0 Å². The van der Waals surface area contributed by atoms with E-state index in [1.165, 1.54) is 0 Å². The number of rotatable bonds is 9. The molecule has 4 atom stereocenters. The zero-order valence-corrected chi connectivity index (χ0v) is 25.8. The summed E-state index contributed by atoms with van der Waals surface area (Å²) >= 11 is 1.76. The van der Waals surface area contributed by atoms with Gasteiger partial charge in [0.25, 0.3) is 0 Å². The number of benzene rings is 1. The number of amides is 2. The average molecular weight is 546 g/mol. The zero-order valence-electron chi connectivity index (χ0n) is 25.0. The maximum atomic E-state index is 13.9. The molecule has 212 valence electrons. The first-order valence-electron chi connectivity index (χ1n) is 13.4. The van der Waals surface area contributed by atoms with Crippen molar-refractivity contribution in [3.63, 3.8) is 0 Å². The molecule has 1 N–H and O–H groups in total. The third-order valence-corrected chi connectivity index (χ3v) is 8.74. The van der Waals surface area contributed by atoms with E-state index in [9.17, 15) is 14.4 Å². The topological polar surface area (TPSA) is 79.0 Å². The van der Waals surface area contributed by atoms with Gasteiger partial charge in [-0.25, -0.2) is 4.79 Å². The molecular weight excluding hydrogens is 498 g/mol. The number of carbonyl (C=O) groups is 3. The smallest absolute Gasteiger partial charge is 0.333 e. The summed E-state index contributed by atoms with van der Waals surface area (Å²) in [5.41, 5.74) is 1.07. The zero-order chi connectivity index (χ0) is 29.0. The van der Waals surface area contributed by atoms with Crippen molar-refractivity contribution >= 4 is 29.5 Å². The van der Waals surface area contributed by atoms with E-state index < -0.39 is 23.5 Å². The van der Waals surface area contributed by atoms with Crippen LogP contribution in [-0.4, -0.2) is 71.2 Å². The van der Waals surface area contributed by atoms with Gasteiger partial charge in [-0.3, -0.25) is 14.5 Å². The number of nitrogens with one attached hydrogen (secondary N) is 1. The van der Waals surface area contributed by atoms with E-state index in [0.29, 0.717) is 12.2 Å². The highest BCUT2D eigenvalue weighted by Crippen LogP contribution is 2.51.